The lowest BCUT2D eigenvalue weighted by Crippen LogP contribution is -2.70. The van der Waals surface area contributed by atoms with Gasteiger partial charge in [-0.05, 0) is 31.9 Å². The topological polar surface area (TPSA) is 344 Å². The molecule has 3 aromatic rings. The fourth-order valence-corrected chi connectivity index (χ4v) is 9.15. The zero-order valence-electron chi connectivity index (χ0n) is 46.4. The van der Waals surface area contributed by atoms with Crippen molar-refractivity contribution in [3.8, 4) is 5.88 Å². The van der Waals surface area contributed by atoms with Gasteiger partial charge in [0, 0.05) is 48.5 Å². The molecule has 15 atom stereocenters. The molecule has 3 aliphatic rings. The van der Waals surface area contributed by atoms with E-state index >= 15 is 0 Å². The molecule has 3 saturated heterocycles. The number of hydrogen-bond acceptors (Lipinski definition) is 24. The third-order valence-electron chi connectivity index (χ3n) is 12.2. The maximum Gasteiger partial charge on any atom is 0.408 e. The number of carbonyl (C=O) groups is 8. The lowest BCUT2D eigenvalue weighted by Gasteiger charge is -2.49. The third kappa shape index (κ3) is 18.3. The Labute approximate surface area is 466 Å². The zero-order valence-corrected chi connectivity index (χ0v) is 46.4. The van der Waals surface area contributed by atoms with E-state index in [0.717, 1.165) is 57.4 Å². The Balaban J connectivity index is 1.41. The summed E-state index contributed by atoms with van der Waals surface area (Å²) in [6.07, 6.45) is -17.7. The number of nitrogens with zero attached hydrogens (tertiary/aromatic N) is 3. The van der Waals surface area contributed by atoms with E-state index in [4.69, 9.17) is 61.6 Å². The smallest absolute Gasteiger partial charge is 0.408 e. The highest BCUT2D eigenvalue weighted by atomic mass is 16.7. The summed E-state index contributed by atoms with van der Waals surface area (Å²) < 4.78 is 79.7. The minimum absolute atomic E-state index is 0.00421. The van der Waals surface area contributed by atoms with Crippen molar-refractivity contribution in [1.29, 1.82) is 0 Å². The van der Waals surface area contributed by atoms with Crippen molar-refractivity contribution in [2.45, 2.75) is 180 Å². The second-order valence-corrected chi connectivity index (χ2v) is 20.1. The minimum Gasteiger partial charge on any atom is -0.466 e. The maximum atomic E-state index is 13.6. The van der Waals surface area contributed by atoms with Crippen molar-refractivity contribution in [3.63, 3.8) is 0 Å². The molecule has 28 nitrogen and oxygen atoms in total. The number of benzene rings is 2. The molecule has 3 aliphatic heterocycles. The van der Waals surface area contributed by atoms with Crippen LogP contribution in [0.5, 0.6) is 5.88 Å². The van der Waals surface area contributed by atoms with E-state index in [0.29, 0.717) is 0 Å². The normalized spacial score (nSPS) is 28.2. The number of esters is 5. The van der Waals surface area contributed by atoms with Crippen LogP contribution < -0.4 is 20.7 Å². The van der Waals surface area contributed by atoms with E-state index in [2.05, 4.69) is 26.3 Å². The number of nitrogens with one attached hydrogen (secondary N) is 3. The Kier molecular flexibility index (Phi) is 22.4. The largest absolute Gasteiger partial charge is 0.466 e. The molecule has 444 valence electrons. The highest BCUT2D eigenvalue weighted by Gasteiger charge is 2.57. The van der Waals surface area contributed by atoms with Crippen LogP contribution in [0.4, 0.5) is 4.79 Å². The lowest BCUT2D eigenvalue weighted by molar-refractivity contribution is -0.322. The molecule has 0 bridgehead atoms. The molecule has 0 unspecified atom stereocenters. The Morgan fingerprint density at radius 1 is 0.568 bits per heavy atom. The number of hydrogen-bond donors (Lipinski definition) is 4. The van der Waals surface area contributed by atoms with Crippen molar-refractivity contribution < 1.29 is 105 Å². The van der Waals surface area contributed by atoms with Gasteiger partial charge in [0.2, 0.25) is 11.8 Å². The SMILES string of the molecule is CC(=O)N[C@@H]1[C@@H](OC(C)=O)[C@H](O[C@@H]2O[C@H](COC(C)=O)[C@@H](OC(C)=O)[C@H](OC(C)=O)[C@H]2NC(=O)OC(C)(C)C)[C@@H](COC(C)=O)O[C@@H]1n1cc(O[C@H]2[C@H](OCc3ccccc3)[C@@H](NC(C)=O)[C@H](OCc3ccccc3)O[C@@H]2CO)nn1. The summed E-state index contributed by atoms with van der Waals surface area (Å²) in [6.45, 7) is 10.6. The second-order valence-electron chi connectivity index (χ2n) is 20.1. The van der Waals surface area contributed by atoms with Crippen LogP contribution in [0.1, 0.15) is 86.6 Å². The molecule has 4 N–H and O–H groups in total. The maximum absolute atomic E-state index is 13.6. The Morgan fingerprint density at radius 3 is 1.58 bits per heavy atom. The molecule has 0 saturated carbocycles. The number of aliphatic hydroxyl groups is 1. The van der Waals surface area contributed by atoms with Crippen molar-refractivity contribution in [2.75, 3.05) is 19.8 Å². The van der Waals surface area contributed by atoms with Crippen molar-refractivity contribution in [3.05, 3.63) is 78.0 Å². The van der Waals surface area contributed by atoms with Gasteiger partial charge in [-0.2, -0.15) is 0 Å². The summed E-state index contributed by atoms with van der Waals surface area (Å²) in [4.78, 5) is 103. The van der Waals surface area contributed by atoms with Crippen LogP contribution in [0.2, 0.25) is 0 Å². The molecule has 3 amide bonds. The summed E-state index contributed by atoms with van der Waals surface area (Å²) in [6, 6.07) is 14.1. The van der Waals surface area contributed by atoms with Gasteiger partial charge in [0.1, 0.15) is 67.5 Å². The first kappa shape index (κ1) is 62.9. The predicted molar refractivity (Wildman–Crippen MR) is 272 cm³/mol. The summed E-state index contributed by atoms with van der Waals surface area (Å²) in [7, 11) is 0. The van der Waals surface area contributed by atoms with E-state index in [1.807, 2.05) is 60.7 Å². The number of alkyl carbamates (subject to hydrolysis) is 1. The van der Waals surface area contributed by atoms with E-state index in [1.165, 1.54) is 13.1 Å². The van der Waals surface area contributed by atoms with Crippen molar-refractivity contribution in [1.82, 2.24) is 30.9 Å². The molecule has 0 radical (unpaired) electrons. The van der Waals surface area contributed by atoms with Gasteiger partial charge >= 0.3 is 35.9 Å². The molecule has 4 heterocycles. The highest BCUT2D eigenvalue weighted by molar-refractivity contribution is 5.74. The standard InChI is InChI=1S/C53H70N6O22/c1-27(61)54-40-47(74-32(6)66)45(80-51-42(56-52(68)81-53(8,9)10)48(75-33(7)67)44(73-31(5)65)38(78-51)26-70-30(4)64)37(25-69-29(3)63)76-49(40)59-21-39(57-58-59)79-43-36(22-60)77-50(72-24-35-19-15-12-16-20-35)41(55-28(2)62)46(43)71-23-34-17-13-11-14-18-34/h11-21,36-38,40-51,60H,22-26H2,1-10H3,(H,54,61)(H,55,62)(H,56,68)/t36-,37-,38-,40-,41-,42-,43-,44-,45-,46-,47-,48-,49+,50-,51+/m1/s1. The van der Waals surface area contributed by atoms with Crippen molar-refractivity contribution >= 4 is 47.8 Å². The van der Waals surface area contributed by atoms with Crippen LogP contribution in [0.15, 0.2) is 66.9 Å². The fraction of sp³-hybridized carbons (Fsp3) is 0.585. The van der Waals surface area contributed by atoms with E-state index < -0.39 is 165 Å². The number of aliphatic hydroxyl groups excluding tert-OH is 1. The summed E-state index contributed by atoms with van der Waals surface area (Å²) in [5, 5.41) is 27.5. The van der Waals surface area contributed by atoms with Crippen LogP contribution in [0.25, 0.3) is 0 Å². The van der Waals surface area contributed by atoms with Gasteiger partial charge in [-0.1, -0.05) is 71.0 Å². The van der Waals surface area contributed by atoms with E-state index in [9.17, 15) is 43.5 Å². The highest BCUT2D eigenvalue weighted by Crippen LogP contribution is 2.37. The summed E-state index contributed by atoms with van der Waals surface area (Å²) in [5.41, 5.74) is 0.448. The Morgan fingerprint density at radius 2 is 1.06 bits per heavy atom. The molecule has 0 aliphatic carbocycles. The quantitative estimate of drug-likeness (QED) is 0.0815. The van der Waals surface area contributed by atoms with Crippen LogP contribution in [0.3, 0.4) is 0 Å². The summed E-state index contributed by atoms with van der Waals surface area (Å²) in [5.74, 6) is -5.76. The number of amides is 3. The predicted octanol–water partition coefficient (Wildman–Crippen LogP) is 1.38. The number of aromatic nitrogens is 3. The minimum atomic E-state index is -1.87. The molecule has 3 fully saturated rings. The third-order valence-corrected chi connectivity index (χ3v) is 12.2. The molecule has 81 heavy (non-hydrogen) atoms. The molecular weight excluding hydrogens is 1070 g/mol. The Hall–Kier alpha value is -7.34. The molecule has 1 aromatic heterocycles. The monoisotopic (exact) mass is 1140 g/mol. The van der Waals surface area contributed by atoms with Crippen molar-refractivity contribution in [2.24, 2.45) is 0 Å². The van der Waals surface area contributed by atoms with Gasteiger partial charge < -0.3 is 82.6 Å². The molecule has 2 aromatic carbocycles. The average molecular weight is 1140 g/mol. The molecule has 0 spiro atoms. The van der Waals surface area contributed by atoms with Gasteiger partial charge in [-0.25, -0.2) is 9.48 Å². The van der Waals surface area contributed by atoms with Gasteiger partial charge in [0.25, 0.3) is 5.88 Å². The summed E-state index contributed by atoms with van der Waals surface area (Å²) >= 11 is 0. The molecule has 28 heteroatoms. The van der Waals surface area contributed by atoms with E-state index in [1.54, 1.807) is 20.8 Å². The van der Waals surface area contributed by atoms with Crippen LogP contribution in [-0.4, -0.2) is 179 Å². The average Bonchev–Trinajstić information content (AvgIpc) is 4.07. The molecule has 6 rings (SSSR count). The molecular formula is C53H70N6O22. The van der Waals surface area contributed by atoms with Crippen LogP contribution >= 0.6 is 0 Å². The zero-order chi connectivity index (χ0) is 59.1. The first-order valence-corrected chi connectivity index (χ1v) is 25.8. The van der Waals surface area contributed by atoms with Gasteiger partial charge in [0.15, 0.2) is 43.2 Å². The van der Waals surface area contributed by atoms with E-state index in [-0.39, 0.29) is 19.1 Å². The van der Waals surface area contributed by atoms with Gasteiger partial charge in [-0.15, -0.1) is 0 Å². The number of rotatable bonds is 22. The number of carbonyl (C=O) groups excluding carboxylic acids is 8. The first-order chi connectivity index (χ1) is 38.4. The number of ether oxygens (including phenoxy) is 13. The van der Waals surface area contributed by atoms with Crippen LogP contribution in [0, 0.1) is 0 Å². The second kappa shape index (κ2) is 28.9. The first-order valence-electron chi connectivity index (χ1n) is 25.8. The Bertz CT molecular complexity index is 2620. The lowest BCUT2D eigenvalue weighted by atomic mass is 9.93. The van der Waals surface area contributed by atoms with Gasteiger partial charge in [0.05, 0.1) is 26.0 Å². The van der Waals surface area contributed by atoms with Crippen LogP contribution in [-0.2, 0) is 104 Å². The van der Waals surface area contributed by atoms with Gasteiger partial charge in [-0.3, -0.25) is 33.6 Å². The fourth-order valence-electron chi connectivity index (χ4n) is 9.15.